The molecule has 1 N–H and O–H groups in total. The minimum absolute atomic E-state index is 0.0395. The molecule has 1 heterocycles. The number of benzene rings is 3. The molecule has 1 amide bonds. The van der Waals surface area contributed by atoms with E-state index in [9.17, 15) is 13.2 Å². The summed E-state index contributed by atoms with van der Waals surface area (Å²) in [4.78, 5) is 12.9. The Kier molecular flexibility index (Phi) is 7.02. The van der Waals surface area contributed by atoms with E-state index in [0.29, 0.717) is 25.4 Å². The third-order valence-corrected chi connectivity index (χ3v) is 7.76. The summed E-state index contributed by atoms with van der Waals surface area (Å²) in [6.45, 7) is 1.20. The van der Waals surface area contributed by atoms with E-state index in [1.54, 1.807) is 7.11 Å². The van der Waals surface area contributed by atoms with Gasteiger partial charge in [0.15, 0.2) is 0 Å². The number of anilines is 1. The van der Waals surface area contributed by atoms with Gasteiger partial charge in [0.25, 0.3) is 15.9 Å². The van der Waals surface area contributed by atoms with Crippen LogP contribution in [0.4, 0.5) is 5.69 Å². The third kappa shape index (κ3) is 5.05. The first-order valence-electron chi connectivity index (χ1n) is 10.7. The van der Waals surface area contributed by atoms with Gasteiger partial charge in [0.2, 0.25) is 0 Å². The number of carbonyl (C=O) groups is 1. The van der Waals surface area contributed by atoms with E-state index in [4.69, 9.17) is 16.3 Å². The second kappa shape index (κ2) is 9.95. The minimum Gasteiger partial charge on any atom is -0.380 e. The first-order valence-corrected chi connectivity index (χ1v) is 12.5. The van der Waals surface area contributed by atoms with Crippen molar-refractivity contribution in [1.82, 2.24) is 5.32 Å². The van der Waals surface area contributed by atoms with Gasteiger partial charge in [0, 0.05) is 20.2 Å². The SMILES string of the molecule is COCc1ccc(CNC(=O)c2cc(S(=O)(=O)N3CCCc4ccccc43)ccc2Cl)cc1. The molecule has 0 fully saturated rings. The van der Waals surface area contributed by atoms with Crippen LogP contribution in [0.5, 0.6) is 0 Å². The molecule has 4 rings (SSSR count). The molecule has 33 heavy (non-hydrogen) atoms. The van der Waals surface area contributed by atoms with Gasteiger partial charge in [-0.05, 0) is 53.8 Å². The van der Waals surface area contributed by atoms with Gasteiger partial charge >= 0.3 is 0 Å². The topological polar surface area (TPSA) is 75.7 Å². The number of halogens is 1. The molecule has 3 aromatic carbocycles. The highest BCUT2D eigenvalue weighted by molar-refractivity contribution is 7.92. The fourth-order valence-electron chi connectivity index (χ4n) is 3.91. The molecule has 1 aliphatic heterocycles. The lowest BCUT2D eigenvalue weighted by Crippen LogP contribution is -2.35. The largest absolute Gasteiger partial charge is 0.380 e. The van der Waals surface area contributed by atoms with E-state index in [0.717, 1.165) is 29.5 Å². The van der Waals surface area contributed by atoms with E-state index in [-0.39, 0.29) is 15.5 Å². The maximum absolute atomic E-state index is 13.4. The van der Waals surface area contributed by atoms with Crippen LogP contribution in [0.25, 0.3) is 0 Å². The highest BCUT2D eigenvalue weighted by Gasteiger charge is 2.29. The van der Waals surface area contributed by atoms with Crippen molar-refractivity contribution in [2.45, 2.75) is 30.9 Å². The van der Waals surface area contributed by atoms with Gasteiger partial charge in [-0.3, -0.25) is 9.10 Å². The summed E-state index contributed by atoms with van der Waals surface area (Å²) in [5, 5.41) is 3.01. The van der Waals surface area contributed by atoms with Gasteiger partial charge in [-0.2, -0.15) is 0 Å². The number of methoxy groups -OCH3 is 1. The van der Waals surface area contributed by atoms with Gasteiger partial charge in [-0.15, -0.1) is 0 Å². The van der Waals surface area contributed by atoms with E-state index in [1.165, 1.54) is 22.5 Å². The van der Waals surface area contributed by atoms with Crippen molar-refractivity contribution in [1.29, 1.82) is 0 Å². The predicted octanol–water partition coefficient (Wildman–Crippen LogP) is 4.56. The molecule has 172 valence electrons. The van der Waals surface area contributed by atoms with Crippen LogP contribution < -0.4 is 9.62 Å². The molecule has 0 spiro atoms. The summed E-state index contributed by atoms with van der Waals surface area (Å²) in [5.41, 5.74) is 3.75. The van der Waals surface area contributed by atoms with Gasteiger partial charge < -0.3 is 10.1 Å². The first kappa shape index (κ1) is 23.3. The number of nitrogens with one attached hydrogen (secondary N) is 1. The fraction of sp³-hybridized carbons (Fsp3) is 0.240. The average Bonchev–Trinajstić information content (AvgIpc) is 2.83. The molecule has 0 saturated heterocycles. The number of amides is 1. The van der Waals surface area contributed by atoms with Crippen molar-refractivity contribution in [2.75, 3.05) is 18.0 Å². The smallest absolute Gasteiger partial charge is 0.264 e. The number of fused-ring (bicyclic) bond motifs is 1. The highest BCUT2D eigenvalue weighted by Crippen LogP contribution is 2.32. The summed E-state index contributed by atoms with van der Waals surface area (Å²) in [7, 11) is -2.21. The number of para-hydroxylation sites is 1. The van der Waals surface area contributed by atoms with E-state index < -0.39 is 15.9 Å². The molecule has 3 aromatic rings. The van der Waals surface area contributed by atoms with Gasteiger partial charge in [-0.1, -0.05) is 54.1 Å². The highest BCUT2D eigenvalue weighted by atomic mass is 35.5. The summed E-state index contributed by atoms with van der Waals surface area (Å²) in [5.74, 6) is -0.433. The molecule has 0 aromatic heterocycles. The molecule has 0 atom stereocenters. The number of aryl methyl sites for hydroxylation is 1. The number of carbonyl (C=O) groups excluding carboxylic acids is 1. The molecule has 0 saturated carbocycles. The standard InChI is InChI=1S/C25H25ClN2O4S/c1-32-17-19-10-8-18(9-11-19)16-27-25(29)22-15-21(12-13-23(22)26)33(30,31)28-14-4-6-20-5-2-3-7-24(20)28/h2-3,5,7-13,15H,4,6,14,16-17H2,1H3,(H,27,29). The molecular formula is C25H25ClN2O4S. The van der Waals surface area contributed by atoms with Crippen LogP contribution in [0.1, 0.15) is 33.5 Å². The number of sulfonamides is 1. The Bertz CT molecular complexity index is 1260. The fourth-order valence-corrected chi connectivity index (χ4v) is 5.68. The van der Waals surface area contributed by atoms with Crippen molar-refractivity contribution < 1.29 is 17.9 Å². The zero-order valence-corrected chi connectivity index (χ0v) is 19.8. The second-order valence-corrected chi connectivity index (χ2v) is 10.2. The van der Waals surface area contributed by atoms with Crippen molar-refractivity contribution in [3.05, 3.63) is 94.0 Å². The molecular weight excluding hydrogens is 460 g/mol. The Morgan fingerprint density at radius 2 is 1.79 bits per heavy atom. The molecule has 0 unspecified atom stereocenters. The number of hydrogen-bond donors (Lipinski definition) is 1. The van der Waals surface area contributed by atoms with Crippen molar-refractivity contribution >= 4 is 33.2 Å². The Labute approximate surface area is 199 Å². The maximum Gasteiger partial charge on any atom is 0.264 e. The summed E-state index contributed by atoms with van der Waals surface area (Å²) in [6.07, 6.45) is 1.57. The van der Waals surface area contributed by atoms with Gasteiger partial charge in [-0.25, -0.2) is 8.42 Å². The zero-order valence-electron chi connectivity index (χ0n) is 18.3. The number of ether oxygens (including phenoxy) is 1. The monoisotopic (exact) mass is 484 g/mol. The lowest BCUT2D eigenvalue weighted by Gasteiger charge is -2.30. The lowest BCUT2D eigenvalue weighted by atomic mass is 10.0. The average molecular weight is 485 g/mol. The zero-order chi connectivity index (χ0) is 23.4. The normalized spacial score (nSPS) is 13.5. The summed E-state index contributed by atoms with van der Waals surface area (Å²) < 4.78 is 33.4. The number of nitrogens with zero attached hydrogens (tertiary/aromatic N) is 1. The first-order chi connectivity index (χ1) is 15.9. The third-order valence-electron chi connectivity index (χ3n) is 5.63. The van der Waals surface area contributed by atoms with Gasteiger partial charge in [0.05, 0.1) is 27.8 Å². The molecule has 0 radical (unpaired) electrons. The second-order valence-electron chi connectivity index (χ2n) is 7.88. The molecule has 6 nitrogen and oxygen atoms in total. The van der Waals surface area contributed by atoms with Crippen LogP contribution in [0.3, 0.4) is 0 Å². The van der Waals surface area contributed by atoms with E-state index in [1.807, 2.05) is 48.5 Å². The quantitative estimate of drug-likeness (QED) is 0.533. The predicted molar refractivity (Wildman–Crippen MR) is 129 cm³/mol. The maximum atomic E-state index is 13.4. The van der Waals surface area contributed by atoms with Crippen LogP contribution in [0.15, 0.2) is 71.6 Å². The minimum atomic E-state index is -3.84. The van der Waals surface area contributed by atoms with Crippen LogP contribution in [-0.2, 0) is 34.3 Å². The number of hydrogen-bond acceptors (Lipinski definition) is 4. The molecule has 1 aliphatic rings. The van der Waals surface area contributed by atoms with Crippen LogP contribution >= 0.6 is 11.6 Å². The number of rotatable bonds is 7. The Morgan fingerprint density at radius 3 is 2.55 bits per heavy atom. The van der Waals surface area contributed by atoms with Crippen molar-refractivity contribution in [3.8, 4) is 0 Å². The Hall–Kier alpha value is -2.87. The van der Waals surface area contributed by atoms with Crippen LogP contribution in [0, 0.1) is 0 Å². The van der Waals surface area contributed by atoms with E-state index >= 15 is 0 Å². The van der Waals surface area contributed by atoms with Crippen molar-refractivity contribution in [3.63, 3.8) is 0 Å². The molecule has 8 heteroatoms. The van der Waals surface area contributed by atoms with Crippen molar-refractivity contribution in [2.24, 2.45) is 0 Å². The van der Waals surface area contributed by atoms with E-state index in [2.05, 4.69) is 5.32 Å². The molecule has 0 aliphatic carbocycles. The van der Waals surface area contributed by atoms with Crippen LogP contribution in [0.2, 0.25) is 5.02 Å². The summed E-state index contributed by atoms with van der Waals surface area (Å²) in [6, 6.07) is 19.4. The Balaban J connectivity index is 1.54. The van der Waals surface area contributed by atoms with Crippen LogP contribution in [-0.4, -0.2) is 28.0 Å². The summed E-state index contributed by atoms with van der Waals surface area (Å²) >= 11 is 6.26. The Morgan fingerprint density at radius 1 is 1.06 bits per heavy atom. The lowest BCUT2D eigenvalue weighted by molar-refractivity contribution is 0.0951. The van der Waals surface area contributed by atoms with Gasteiger partial charge in [0.1, 0.15) is 0 Å². The molecule has 0 bridgehead atoms.